The maximum absolute atomic E-state index is 12.2. The van der Waals surface area contributed by atoms with Crippen LogP contribution in [0.15, 0.2) is 36.4 Å². The van der Waals surface area contributed by atoms with Crippen molar-refractivity contribution in [3.8, 4) is 0 Å². The molecule has 1 heterocycles. The number of hydrogen-bond donors (Lipinski definition) is 1. The molecule has 1 aromatic heterocycles. The molecule has 0 bridgehead atoms. The molecule has 0 radical (unpaired) electrons. The summed E-state index contributed by atoms with van der Waals surface area (Å²) in [5, 5.41) is 3.06. The van der Waals surface area contributed by atoms with E-state index in [1.165, 1.54) is 11.3 Å². The van der Waals surface area contributed by atoms with Crippen LogP contribution in [-0.2, 0) is 25.5 Å². The molecule has 0 aliphatic rings. The number of anilines is 1. The predicted octanol–water partition coefficient (Wildman–Crippen LogP) is 4.16. The molecule has 1 N–H and O–H groups in total. The second kappa shape index (κ2) is 10.6. The normalized spacial score (nSPS) is 11.5. The number of amides is 1. The molecule has 2 rings (SSSR count). The van der Waals surface area contributed by atoms with Crippen LogP contribution in [0.3, 0.4) is 0 Å². The van der Waals surface area contributed by atoms with Crippen molar-refractivity contribution in [1.29, 1.82) is 0 Å². The zero-order valence-corrected chi connectivity index (χ0v) is 17.1. The van der Waals surface area contributed by atoms with E-state index < -0.39 is 24.5 Å². The van der Waals surface area contributed by atoms with Gasteiger partial charge in [-0.25, -0.2) is 4.79 Å². The van der Waals surface area contributed by atoms with Gasteiger partial charge in [0, 0.05) is 4.88 Å². The molecule has 1 atom stereocenters. The van der Waals surface area contributed by atoms with Gasteiger partial charge in [0.2, 0.25) is 0 Å². The lowest BCUT2D eigenvalue weighted by Gasteiger charge is -2.11. The van der Waals surface area contributed by atoms with E-state index in [4.69, 9.17) is 9.47 Å². The molecule has 6 nitrogen and oxygen atoms in total. The molecule has 0 unspecified atom stereocenters. The number of esters is 2. The van der Waals surface area contributed by atoms with Crippen LogP contribution < -0.4 is 5.32 Å². The summed E-state index contributed by atoms with van der Waals surface area (Å²) < 4.78 is 10.1. The highest BCUT2D eigenvalue weighted by molar-refractivity contribution is 7.16. The van der Waals surface area contributed by atoms with E-state index in [9.17, 15) is 14.4 Å². The fraction of sp³-hybridized carbons (Fsp3) is 0.381. The minimum atomic E-state index is -0.490. The number of carbonyl (C=O) groups excluding carboxylic acids is 3. The number of ether oxygens (including phenoxy) is 2. The Morgan fingerprint density at radius 1 is 1.11 bits per heavy atom. The predicted molar refractivity (Wildman–Crippen MR) is 109 cm³/mol. The van der Waals surface area contributed by atoms with E-state index in [0.717, 1.165) is 16.9 Å². The molecule has 0 saturated heterocycles. The highest BCUT2D eigenvalue weighted by atomic mass is 32.1. The first-order valence-corrected chi connectivity index (χ1v) is 10.1. The first-order valence-electron chi connectivity index (χ1n) is 9.24. The number of benzene rings is 1. The standard InChI is InChI=1S/C21H25NO5S/c1-4-16-12-17(21(25)26-5-2)20(28-16)22-18(23)13-27-19(24)11-14(3)15-9-7-6-8-10-15/h6-10,12,14H,4-5,11,13H2,1-3H3,(H,22,23)/t14-/m0/s1. The molecular weight excluding hydrogens is 378 g/mol. The van der Waals surface area contributed by atoms with Gasteiger partial charge < -0.3 is 14.8 Å². The van der Waals surface area contributed by atoms with Gasteiger partial charge in [-0.1, -0.05) is 44.2 Å². The minimum Gasteiger partial charge on any atom is -0.462 e. The summed E-state index contributed by atoms with van der Waals surface area (Å²) in [4.78, 5) is 37.2. The molecule has 28 heavy (non-hydrogen) atoms. The average molecular weight is 404 g/mol. The zero-order valence-electron chi connectivity index (χ0n) is 16.3. The lowest BCUT2D eigenvalue weighted by Crippen LogP contribution is -2.22. The van der Waals surface area contributed by atoms with Crippen molar-refractivity contribution < 1.29 is 23.9 Å². The van der Waals surface area contributed by atoms with Crippen LogP contribution in [-0.4, -0.2) is 31.1 Å². The number of nitrogens with one attached hydrogen (secondary N) is 1. The summed E-state index contributed by atoms with van der Waals surface area (Å²) in [6.07, 6.45) is 0.920. The molecule has 1 aromatic carbocycles. The van der Waals surface area contributed by atoms with Gasteiger partial charge >= 0.3 is 11.9 Å². The van der Waals surface area contributed by atoms with Gasteiger partial charge in [-0.2, -0.15) is 0 Å². The average Bonchev–Trinajstić information content (AvgIpc) is 3.10. The van der Waals surface area contributed by atoms with Gasteiger partial charge in [-0.05, 0) is 30.9 Å². The Morgan fingerprint density at radius 3 is 2.46 bits per heavy atom. The first kappa shape index (κ1) is 21.6. The molecule has 1 amide bonds. The summed E-state index contributed by atoms with van der Waals surface area (Å²) in [5.41, 5.74) is 1.36. The maximum atomic E-state index is 12.2. The molecule has 150 valence electrons. The second-order valence-electron chi connectivity index (χ2n) is 6.25. The van der Waals surface area contributed by atoms with Crippen molar-refractivity contribution in [2.45, 2.75) is 39.5 Å². The van der Waals surface area contributed by atoms with Gasteiger partial charge in [0.25, 0.3) is 5.91 Å². The Kier molecular flexibility index (Phi) is 8.19. The number of hydrogen-bond acceptors (Lipinski definition) is 6. The molecule has 7 heteroatoms. The molecular formula is C21H25NO5S. The van der Waals surface area contributed by atoms with E-state index in [2.05, 4.69) is 5.32 Å². The van der Waals surface area contributed by atoms with Gasteiger partial charge in [-0.3, -0.25) is 9.59 Å². The van der Waals surface area contributed by atoms with Crippen LogP contribution in [0.4, 0.5) is 5.00 Å². The van der Waals surface area contributed by atoms with Gasteiger partial charge in [-0.15, -0.1) is 11.3 Å². The highest BCUT2D eigenvalue weighted by Gasteiger charge is 2.19. The van der Waals surface area contributed by atoms with Crippen LogP contribution in [0.25, 0.3) is 0 Å². The van der Waals surface area contributed by atoms with Crippen LogP contribution in [0.2, 0.25) is 0 Å². The van der Waals surface area contributed by atoms with Gasteiger partial charge in [0.15, 0.2) is 6.61 Å². The SMILES string of the molecule is CCOC(=O)c1cc(CC)sc1NC(=O)COC(=O)C[C@H](C)c1ccccc1. The topological polar surface area (TPSA) is 81.7 Å². The third-order valence-electron chi connectivity index (χ3n) is 4.09. The van der Waals surface area contributed by atoms with E-state index in [-0.39, 0.29) is 18.9 Å². The van der Waals surface area contributed by atoms with Gasteiger partial charge in [0.1, 0.15) is 5.00 Å². The van der Waals surface area contributed by atoms with Crippen molar-refractivity contribution in [1.82, 2.24) is 0 Å². The first-order chi connectivity index (χ1) is 13.4. The van der Waals surface area contributed by atoms with Gasteiger partial charge in [0.05, 0.1) is 18.6 Å². The van der Waals surface area contributed by atoms with Crippen molar-refractivity contribution in [3.63, 3.8) is 0 Å². The fourth-order valence-electron chi connectivity index (χ4n) is 2.59. The van der Waals surface area contributed by atoms with E-state index in [1.807, 2.05) is 44.2 Å². The Hall–Kier alpha value is -2.67. The lowest BCUT2D eigenvalue weighted by molar-refractivity contribution is -0.147. The third-order valence-corrected chi connectivity index (χ3v) is 5.28. The fourth-order valence-corrected chi connectivity index (χ4v) is 3.59. The van der Waals surface area contributed by atoms with Crippen LogP contribution in [0, 0.1) is 0 Å². The molecule has 2 aromatic rings. The molecule has 0 aliphatic carbocycles. The van der Waals surface area contributed by atoms with E-state index in [0.29, 0.717) is 10.6 Å². The Balaban J connectivity index is 1.89. The minimum absolute atomic E-state index is 0.00316. The Bertz CT molecular complexity index is 815. The van der Waals surface area contributed by atoms with Crippen LogP contribution in [0.1, 0.15) is 53.9 Å². The van der Waals surface area contributed by atoms with Crippen molar-refractivity contribution in [2.75, 3.05) is 18.5 Å². The Labute approximate surface area is 168 Å². The summed E-state index contributed by atoms with van der Waals surface area (Å²) >= 11 is 1.31. The number of rotatable bonds is 9. The summed E-state index contributed by atoms with van der Waals surface area (Å²) in [6, 6.07) is 11.4. The van der Waals surface area contributed by atoms with Crippen molar-refractivity contribution >= 4 is 34.2 Å². The van der Waals surface area contributed by atoms with Crippen molar-refractivity contribution in [3.05, 3.63) is 52.4 Å². The third kappa shape index (κ3) is 6.20. The largest absolute Gasteiger partial charge is 0.462 e. The summed E-state index contributed by atoms with van der Waals surface area (Å²) in [5.74, 6) is -1.42. The molecule has 0 spiro atoms. The quantitative estimate of drug-likeness (QED) is 0.636. The zero-order chi connectivity index (χ0) is 20.5. The van der Waals surface area contributed by atoms with Crippen molar-refractivity contribution in [2.24, 2.45) is 0 Å². The molecule has 0 saturated carbocycles. The number of thiophene rings is 1. The summed E-state index contributed by atoms with van der Waals surface area (Å²) in [7, 11) is 0. The smallest absolute Gasteiger partial charge is 0.341 e. The Morgan fingerprint density at radius 2 is 1.82 bits per heavy atom. The second-order valence-corrected chi connectivity index (χ2v) is 7.39. The molecule has 0 aliphatic heterocycles. The maximum Gasteiger partial charge on any atom is 0.341 e. The lowest BCUT2D eigenvalue weighted by atomic mass is 9.98. The number of aryl methyl sites for hydroxylation is 1. The van der Waals surface area contributed by atoms with Crippen LogP contribution in [0.5, 0.6) is 0 Å². The highest BCUT2D eigenvalue weighted by Crippen LogP contribution is 2.29. The molecule has 0 fully saturated rings. The van der Waals surface area contributed by atoms with Crippen LogP contribution >= 0.6 is 11.3 Å². The number of carbonyl (C=O) groups is 3. The summed E-state index contributed by atoms with van der Waals surface area (Å²) in [6.45, 7) is 5.46. The van der Waals surface area contributed by atoms with E-state index in [1.54, 1.807) is 13.0 Å². The van der Waals surface area contributed by atoms with E-state index >= 15 is 0 Å². The monoisotopic (exact) mass is 403 g/mol.